The lowest BCUT2D eigenvalue weighted by Gasteiger charge is -2.18. The number of carboxylic acids is 1. The molecule has 0 radical (unpaired) electrons. The smallest absolute Gasteiger partial charge is 0.354 e. The molecule has 1 saturated heterocycles. The van der Waals surface area contributed by atoms with Crippen molar-refractivity contribution in [3.05, 3.63) is 47.3 Å². The van der Waals surface area contributed by atoms with Crippen LogP contribution in [0, 0.1) is 19.8 Å². The van der Waals surface area contributed by atoms with Gasteiger partial charge in [-0.1, -0.05) is 18.2 Å². The number of aromatic carboxylic acids is 1. The standard InChI is InChI=1S/C18H22N4O2/c1-12-5-3-4-6-15(12)19-10-14-7-8-22(11-14)18-20-13(2)9-16(21-18)17(23)24/h3-6,9,14,19H,7-8,10-11H2,1-2H3,(H,23,24). The van der Waals surface area contributed by atoms with Crippen LogP contribution in [0.4, 0.5) is 11.6 Å². The zero-order chi connectivity index (χ0) is 17.1. The number of aryl methyl sites for hydroxylation is 2. The molecular weight excluding hydrogens is 304 g/mol. The van der Waals surface area contributed by atoms with Gasteiger partial charge in [-0.15, -0.1) is 0 Å². The minimum absolute atomic E-state index is 0.0546. The maximum atomic E-state index is 11.2. The molecule has 0 saturated carbocycles. The number of carboxylic acid groups (broad SMARTS) is 1. The monoisotopic (exact) mass is 326 g/mol. The van der Waals surface area contributed by atoms with Gasteiger partial charge in [0, 0.05) is 31.0 Å². The van der Waals surface area contributed by atoms with E-state index in [0.29, 0.717) is 17.6 Å². The maximum absolute atomic E-state index is 11.2. The van der Waals surface area contributed by atoms with Gasteiger partial charge in [0.15, 0.2) is 5.69 Å². The first kappa shape index (κ1) is 16.2. The Morgan fingerprint density at radius 1 is 1.33 bits per heavy atom. The van der Waals surface area contributed by atoms with Gasteiger partial charge in [-0.3, -0.25) is 0 Å². The number of nitrogens with one attached hydrogen (secondary N) is 1. The molecule has 1 aliphatic rings. The quantitative estimate of drug-likeness (QED) is 0.879. The topological polar surface area (TPSA) is 78.3 Å². The molecule has 3 rings (SSSR count). The Morgan fingerprint density at radius 2 is 2.12 bits per heavy atom. The zero-order valence-corrected chi connectivity index (χ0v) is 14.0. The van der Waals surface area contributed by atoms with Gasteiger partial charge >= 0.3 is 5.97 Å². The summed E-state index contributed by atoms with van der Waals surface area (Å²) in [5.41, 5.74) is 3.13. The molecule has 2 N–H and O–H groups in total. The second kappa shape index (κ2) is 6.86. The predicted molar refractivity (Wildman–Crippen MR) is 93.7 cm³/mol. The molecule has 0 bridgehead atoms. The van der Waals surface area contributed by atoms with Crippen LogP contribution in [0.15, 0.2) is 30.3 Å². The highest BCUT2D eigenvalue weighted by atomic mass is 16.4. The van der Waals surface area contributed by atoms with E-state index in [9.17, 15) is 4.79 Å². The molecule has 6 nitrogen and oxygen atoms in total. The Labute approximate surface area is 141 Å². The van der Waals surface area contributed by atoms with E-state index in [1.165, 1.54) is 11.6 Å². The molecule has 1 unspecified atom stereocenters. The van der Waals surface area contributed by atoms with E-state index in [1.807, 2.05) is 12.1 Å². The van der Waals surface area contributed by atoms with Gasteiger partial charge in [0.25, 0.3) is 0 Å². The van der Waals surface area contributed by atoms with Crippen LogP contribution in [0.25, 0.3) is 0 Å². The van der Waals surface area contributed by atoms with Crippen molar-refractivity contribution in [3.8, 4) is 0 Å². The van der Waals surface area contributed by atoms with Crippen molar-refractivity contribution < 1.29 is 9.90 Å². The average molecular weight is 326 g/mol. The van der Waals surface area contributed by atoms with Crippen LogP contribution < -0.4 is 10.2 Å². The second-order valence-electron chi connectivity index (χ2n) is 6.30. The highest BCUT2D eigenvalue weighted by molar-refractivity contribution is 5.85. The lowest BCUT2D eigenvalue weighted by Crippen LogP contribution is -2.25. The van der Waals surface area contributed by atoms with E-state index in [1.54, 1.807) is 6.92 Å². The Balaban J connectivity index is 1.63. The van der Waals surface area contributed by atoms with Crippen LogP contribution in [0.2, 0.25) is 0 Å². The van der Waals surface area contributed by atoms with Gasteiger partial charge in [-0.05, 0) is 43.9 Å². The third-order valence-electron chi connectivity index (χ3n) is 4.36. The van der Waals surface area contributed by atoms with Crippen LogP contribution in [-0.2, 0) is 0 Å². The minimum atomic E-state index is -1.02. The summed E-state index contributed by atoms with van der Waals surface area (Å²) in [6.07, 6.45) is 1.04. The fourth-order valence-electron chi connectivity index (χ4n) is 3.01. The summed E-state index contributed by atoms with van der Waals surface area (Å²) in [5.74, 6) is -0.00787. The Kier molecular flexibility index (Phi) is 4.64. The molecular formula is C18H22N4O2. The molecule has 0 spiro atoms. The molecule has 0 aliphatic carbocycles. The van der Waals surface area contributed by atoms with Crippen molar-refractivity contribution in [2.24, 2.45) is 5.92 Å². The van der Waals surface area contributed by atoms with Crippen LogP contribution in [0.5, 0.6) is 0 Å². The summed E-state index contributed by atoms with van der Waals surface area (Å²) in [6, 6.07) is 9.75. The highest BCUT2D eigenvalue weighted by Crippen LogP contribution is 2.23. The number of hydrogen-bond acceptors (Lipinski definition) is 5. The van der Waals surface area contributed by atoms with E-state index in [4.69, 9.17) is 5.11 Å². The summed E-state index contributed by atoms with van der Waals surface area (Å²) in [4.78, 5) is 21.8. The average Bonchev–Trinajstić information content (AvgIpc) is 3.02. The van der Waals surface area contributed by atoms with Gasteiger partial charge in [-0.2, -0.15) is 0 Å². The molecule has 0 amide bonds. The molecule has 2 heterocycles. The zero-order valence-electron chi connectivity index (χ0n) is 14.0. The number of rotatable bonds is 5. The fourth-order valence-corrected chi connectivity index (χ4v) is 3.01. The molecule has 1 atom stereocenters. The fraction of sp³-hybridized carbons (Fsp3) is 0.389. The number of benzene rings is 1. The summed E-state index contributed by atoms with van der Waals surface area (Å²) < 4.78 is 0. The van der Waals surface area contributed by atoms with Crippen LogP contribution in [0.3, 0.4) is 0 Å². The van der Waals surface area contributed by atoms with Crippen molar-refractivity contribution in [3.63, 3.8) is 0 Å². The lowest BCUT2D eigenvalue weighted by atomic mass is 10.1. The predicted octanol–water partition coefficient (Wildman–Crippen LogP) is 2.73. The highest BCUT2D eigenvalue weighted by Gasteiger charge is 2.25. The Hall–Kier alpha value is -2.63. The van der Waals surface area contributed by atoms with E-state index >= 15 is 0 Å². The second-order valence-corrected chi connectivity index (χ2v) is 6.30. The van der Waals surface area contributed by atoms with E-state index in [-0.39, 0.29) is 5.69 Å². The number of hydrogen-bond donors (Lipinski definition) is 2. The normalized spacial score (nSPS) is 17.1. The van der Waals surface area contributed by atoms with E-state index < -0.39 is 5.97 Å². The SMILES string of the molecule is Cc1cc(C(=O)O)nc(N2CCC(CNc3ccccc3C)C2)n1. The largest absolute Gasteiger partial charge is 0.477 e. The van der Waals surface area contributed by atoms with Gasteiger partial charge in [-0.25, -0.2) is 14.8 Å². The lowest BCUT2D eigenvalue weighted by molar-refractivity contribution is 0.0690. The first-order valence-electron chi connectivity index (χ1n) is 8.16. The van der Waals surface area contributed by atoms with E-state index in [2.05, 4.69) is 39.2 Å². The number of nitrogens with zero attached hydrogens (tertiary/aromatic N) is 3. The Morgan fingerprint density at radius 3 is 2.88 bits per heavy atom. The number of aromatic nitrogens is 2. The molecule has 1 aromatic heterocycles. The summed E-state index contributed by atoms with van der Waals surface area (Å²) >= 11 is 0. The van der Waals surface area contributed by atoms with Gasteiger partial charge < -0.3 is 15.3 Å². The molecule has 24 heavy (non-hydrogen) atoms. The molecule has 126 valence electrons. The van der Waals surface area contributed by atoms with Crippen LogP contribution in [-0.4, -0.2) is 40.7 Å². The number of para-hydroxylation sites is 1. The first-order valence-corrected chi connectivity index (χ1v) is 8.16. The molecule has 1 fully saturated rings. The first-order chi connectivity index (χ1) is 11.5. The van der Waals surface area contributed by atoms with Crippen molar-refractivity contribution in [2.75, 3.05) is 29.9 Å². The third kappa shape index (κ3) is 3.64. The van der Waals surface area contributed by atoms with Crippen molar-refractivity contribution in [1.29, 1.82) is 0 Å². The molecule has 1 aromatic carbocycles. The molecule has 6 heteroatoms. The molecule has 1 aliphatic heterocycles. The summed E-state index contributed by atoms with van der Waals surface area (Å²) in [5, 5.41) is 12.7. The van der Waals surface area contributed by atoms with Crippen molar-refractivity contribution >= 4 is 17.6 Å². The van der Waals surface area contributed by atoms with Gasteiger partial charge in [0.05, 0.1) is 0 Å². The minimum Gasteiger partial charge on any atom is -0.477 e. The Bertz CT molecular complexity index is 748. The van der Waals surface area contributed by atoms with E-state index in [0.717, 1.165) is 31.7 Å². The maximum Gasteiger partial charge on any atom is 0.354 e. The van der Waals surface area contributed by atoms with Crippen LogP contribution >= 0.6 is 0 Å². The number of anilines is 2. The molecule has 2 aromatic rings. The summed E-state index contributed by atoms with van der Waals surface area (Å²) in [6.45, 7) is 6.46. The van der Waals surface area contributed by atoms with Gasteiger partial charge in [0.2, 0.25) is 5.95 Å². The summed E-state index contributed by atoms with van der Waals surface area (Å²) in [7, 11) is 0. The van der Waals surface area contributed by atoms with Crippen molar-refractivity contribution in [2.45, 2.75) is 20.3 Å². The van der Waals surface area contributed by atoms with Crippen LogP contribution in [0.1, 0.15) is 28.2 Å². The van der Waals surface area contributed by atoms with Crippen molar-refractivity contribution in [1.82, 2.24) is 9.97 Å². The van der Waals surface area contributed by atoms with Gasteiger partial charge in [0.1, 0.15) is 0 Å². The third-order valence-corrected chi connectivity index (χ3v) is 4.36. The number of carbonyl (C=O) groups is 1.